The Balaban J connectivity index is 2.04. The van der Waals surface area contributed by atoms with Crippen molar-refractivity contribution >= 4 is 28.9 Å². The van der Waals surface area contributed by atoms with Crippen LogP contribution >= 0.6 is 11.8 Å². The van der Waals surface area contributed by atoms with Gasteiger partial charge in [0.05, 0.1) is 20.8 Å². The minimum absolute atomic E-state index is 0.195. The van der Waals surface area contributed by atoms with Crippen molar-refractivity contribution in [3.8, 4) is 11.5 Å². The van der Waals surface area contributed by atoms with Gasteiger partial charge in [0, 0.05) is 17.9 Å². The van der Waals surface area contributed by atoms with Gasteiger partial charge in [-0.05, 0) is 23.8 Å². The molecule has 0 spiro atoms. The number of carbonyl (C=O) groups excluding carboxylic acids is 1. The molecule has 0 aromatic heterocycles. The third-order valence-electron chi connectivity index (χ3n) is 2.62. The number of ether oxygens (including phenoxy) is 2. The SMILES string of the molecule is COc1cc(/C=C/C(=O)NC2=NCCS2)cc(OC)c1. The van der Waals surface area contributed by atoms with Crippen LogP contribution in [0.4, 0.5) is 0 Å². The van der Waals surface area contributed by atoms with Gasteiger partial charge in [0.25, 0.3) is 0 Å². The predicted octanol–water partition coefficient (Wildman–Crippen LogP) is 1.94. The summed E-state index contributed by atoms with van der Waals surface area (Å²) in [5, 5.41) is 3.41. The summed E-state index contributed by atoms with van der Waals surface area (Å²) >= 11 is 1.55. The summed E-state index contributed by atoms with van der Waals surface area (Å²) in [5.74, 6) is 2.09. The molecule has 1 N–H and O–H groups in total. The molecule has 6 heteroatoms. The smallest absolute Gasteiger partial charge is 0.249 e. The first-order valence-electron chi connectivity index (χ1n) is 6.10. The summed E-state index contributed by atoms with van der Waals surface area (Å²) in [7, 11) is 3.18. The average molecular weight is 292 g/mol. The quantitative estimate of drug-likeness (QED) is 0.862. The van der Waals surface area contributed by atoms with Gasteiger partial charge in [-0.25, -0.2) is 0 Å². The highest BCUT2D eigenvalue weighted by atomic mass is 32.2. The van der Waals surface area contributed by atoms with Crippen LogP contribution in [0.3, 0.4) is 0 Å². The molecule has 1 aromatic rings. The van der Waals surface area contributed by atoms with Crippen LogP contribution in [0.5, 0.6) is 11.5 Å². The number of hydrogen-bond acceptors (Lipinski definition) is 5. The summed E-state index contributed by atoms with van der Waals surface area (Å²) in [6, 6.07) is 5.43. The van der Waals surface area contributed by atoms with E-state index in [0.717, 1.165) is 17.9 Å². The van der Waals surface area contributed by atoms with Crippen molar-refractivity contribution in [2.75, 3.05) is 26.5 Å². The highest BCUT2D eigenvalue weighted by Crippen LogP contribution is 2.23. The van der Waals surface area contributed by atoms with Crippen LogP contribution < -0.4 is 14.8 Å². The van der Waals surface area contributed by atoms with E-state index in [1.165, 1.54) is 6.08 Å². The molecule has 1 aromatic carbocycles. The number of methoxy groups -OCH3 is 2. The first-order valence-corrected chi connectivity index (χ1v) is 7.09. The number of hydrogen-bond donors (Lipinski definition) is 1. The molecule has 5 nitrogen and oxygen atoms in total. The lowest BCUT2D eigenvalue weighted by molar-refractivity contribution is -0.115. The molecule has 0 aliphatic carbocycles. The highest BCUT2D eigenvalue weighted by molar-refractivity contribution is 8.14. The van der Waals surface area contributed by atoms with E-state index < -0.39 is 0 Å². The monoisotopic (exact) mass is 292 g/mol. The summed E-state index contributed by atoms with van der Waals surface area (Å²) in [5.41, 5.74) is 0.831. The Morgan fingerprint density at radius 2 is 2.00 bits per heavy atom. The van der Waals surface area contributed by atoms with Crippen LogP contribution in [0.25, 0.3) is 6.08 Å². The number of rotatable bonds is 4. The summed E-state index contributed by atoms with van der Waals surface area (Å²) < 4.78 is 10.3. The third-order valence-corrected chi connectivity index (χ3v) is 3.51. The molecule has 1 aliphatic rings. The van der Waals surface area contributed by atoms with Gasteiger partial charge in [-0.1, -0.05) is 11.8 Å². The number of amides is 1. The van der Waals surface area contributed by atoms with Gasteiger partial charge in [0.15, 0.2) is 5.17 Å². The molecule has 1 amide bonds. The zero-order valence-corrected chi connectivity index (χ0v) is 12.2. The molecule has 1 aliphatic heterocycles. The first-order chi connectivity index (χ1) is 9.71. The Bertz CT molecular complexity index is 533. The Morgan fingerprint density at radius 3 is 2.55 bits per heavy atom. The molecule has 106 valence electrons. The summed E-state index contributed by atoms with van der Waals surface area (Å²) in [6.07, 6.45) is 3.18. The van der Waals surface area contributed by atoms with E-state index in [2.05, 4.69) is 10.3 Å². The lowest BCUT2D eigenvalue weighted by Crippen LogP contribution is -2.25. The molecular formula is C14H16N2O3S. The fourth-order valence-corrected chi connectivity index (χ4v) is 2.39. The first kappa shape index (κ1) is 14.5. The fraction of sp³-hybridized carbons (Fsp3) is 0.286. The minimum Gasteiger partial charge on any atom is -0.497 e. The predicted molar refractivity (Wildman–Crippen MR) is 81.5 cm³/mol. The molecular weight excluding hydrogens is 276 g/mol. The maximum atomic E-state index is 11.7. The van der Waals surface area contributed by atoms with Crippen molar-refractivity contribution in [3.63, 3.8) is 0 Å². The Kier molecular flexibility index (Phi) is 5.06. The number of carbonyl (C=O) groups is 1. The van der Waals surface area contributed by atoms with Crippen LogP contribution in [0, 0.1) is 0 Å². The van der Waals surface area contributed by atoms with Crippen LogP contribution in [-0.2, 0) is 4.79 Å². The number of nitrogens with one attached hydrogen (secondary N) is 1. The second-order valence-corrected chi connectivity index (χ2v) is 5.09. The zero-order valence-electron chi connectivity index (χ0n) is 11.4. The molecule has 0 saturated heterocycles. The van der Waals surface area contributed by atoms with Crippen molar-refractivity contribution < 1.29 is 14.3 Å². The number of benzene rings is 1. The van der Waals surface area contributed by atoms with Crippen molar-refractivity contribution in [2.24, 2.45) is 4.99 Å². The molecule has 0 fully saturated rings. The second kappa shape index (κ2) is 7.00. The van der Waals surface area contributed by atoms with Crippen LogP contribution in [0.2, 0.25) is 0 Å². The molecule has 2 rings (SSSR count). The Hall–Kier alpha value is -1.95. The second-order valence-electron chi connectivity index (χ2n) is 4.00. The summed E-state index contributed by atoms with van der Waals surface area (Å²) in [6.45, 7) is 0.761. The van der Waals surface area contributed by atoms with Crippen molar-refractivity contribution in [2.45, 2.75) is 0 Å². The van der Waals surface area contributed by atoms with E-state index >= 15 is 0 Å². The number of nitrogens with zero attached hydrogens (tertiary/aromatic N) is 1. The van der Waals surface area contributed by atoms with E-state index in [4.69, 9.17) is 9.47 Å². The van der Waals surface area contributed by atoms with Gasteiger partial charge in [0.2, 0.25) is 5.91 Å². The van der Waals surface area contributed by atoms with Crippen LogP contribution in [-0.4, -0.2) is 37.6 Å². The van der Waals surface area contributed by atoms with E-state index in [1.807, 2.05) is 12.1 Å². The van der Waals surface area contributed by atoms with Gasteiger partial charge in [0.1, 0.15) is 11.5 Å². The van der Waals surface area contributed by atoms with Gasteiger partial charge in [-0.3, -0.25) is 9.79 Å². The van der Waals surface area contributed by atoms with E-state index in [9.17, 15) is 4.79 Å². The molecule has 0 atom stereocenters. The molecule has 1 heterocycles. The molecule has 20 heavy (non-hydrogen) atoms. The van der Waals surface area contributed by atoms with Crippen LogP contribution in [0.1, 0.15) is 5.56 Å². The van der Waals surface area contributed by atoms with Crippen molar-refractivity contribution in [3.05, 3.63) is 29.8 Å². The Morgan fingerprint density at radius 1 is 1.30 bits per heavy atom. The Labute approximate surface area is 122 Å². The van der Waals surface area contributed by atoms with Gasteiger partial charge < -0.3 is 14.8 Å². The number of aliphatic imine (C=N–C) groups is 1. The molecule has 0 unspecified atom stereocenters. The van der Waals surface area contributed by atoms with Crippen molar-refractivity contribution in [1.29, 1.82) is 0 Å². The van der Waals surface area contributed by atoms with Gasteiger partial charge in [-0.2, -0.15) is 0 Å². The maximum absolute atomic E-state index is 11.7. The van der Waals surface area contributed by atoms with Gasteiger partial charge >= 0.3 is 0 Å². The van der Waals surface area contributed by atoms with E-state index in [1.54, 1.807) is 38.1 Å². The van der Waals surface area contributed by atoms with E-state index in [-0.39, 0.29) is 5.91 Å². The average Bonchev–Trinajstić information content (AvgIpc) is 2.97. The lowest BCUT2D eigenvalue weighted by Gasteiger charge is -2.05. The molecule has 0 saturated carbocycles. The van der Waals surface area contributed by atoms with Crippen LogP contribution in [0.15, 0.2) is 29.3 Å². The summed E-state index contributed by atoms with van der Waals surface area (Å²) in [4.78, 5) is 15.9. The number of amidine groups is 1. The van der Waals surface area contributed by atoms with E-state index in [0.29, 0.717) is 16.7 Å². The van der Waals surface area contributed by atoms with Gasteiger partial charge in [-0.15, -0.1) is 0 Å². The van der Waals surface area contributed by atoms with Crippen molar-refractivity contribution in [1.82, 2.24) is 5.32 Å². The normalized spacial score (nSPS) is 14.2. The zero-order chi connectivity index (χ0) is 14.4. The largest absolute Gasteiger partial charge is 0.497 e. The minimum atomic E-state index is -0.195. The maximum Gasteiger partial charge on any atom is 0.249 e. The highest BCUT2D eigenvalue weighted by Gasteiger charge is 2.08. The standard InChI is InChI=1S/C14H16N2O3S/c1-18-11-7-10(8-12(9-11)19-2)3-4-13(17)16-14-15-5-6-20-14/h3-4,7-9H,5-6H2,1-2H3,(H,15,16,17)/b4-3+. The lowest BCUT2D eigenvalue weighted by atomic mass is 10.2. The topological polar surface area (TPSA) is 59.9 Å². The molecule has 0 radical (unpaired) electrons. The fourth-order valence-electron chi connectivity index (χ4n) is 1.66. The number of thioether (sulfide) groups is 1. The third kappa shape index (κ3) is 4.03. The molecule has 0 bridgehead atoms.